The Morgan fingerprint density at radius 3 is 2.00 bits per heavy atom. The third-order valence-corrected chi connectivity index (χ3v) is 2.30. The summed E-state index contributed by atoms with van der Waals surface area (Å²) in [5.41, 5.74) is 0. The Labute approximate surface area is 65.5 Å². The van der Waals surface area contributed by atoms with E-state index in [0.29, 0.717) is 0 Å². The van der Waals surface area contributed by atoms with Crippen LogP contribution in [-0.4, -0.2) is 0 Å². The summed E-state index contributed by atoms with van der Waals surface area (Å²) < 4.78 is 0. The first-order valence-electron chi connectivity index (χ1n) is 3.93. The fourth-order valence-corrected chi connectivity index (χ4v) is 1.60. The summed E-state index contributed by atoms with van der Waals surface area (Å²) in [5.74, 6) is 1.09. The molecule has 1 rings (SSSR count). The van der Waals surface area contributed by atoms with Gasteiger partial charge in [0.25, 0.3) is 0 Å². The summed E-state index contributed by atoms with van der Waals surface area (Å²) in [6.45, 7) is 2.32. The Kier molecular flexibility index (Phi) is 5.36. The molecule has 56 valence electrons. The molecule has 0 spiro atoms. The van der Waals surface area contributed by atoms with Gasteiger partial charge in [0.15, 0.2) is 0 Å². The zero-order chi connectivity index (χ0) is 5.82. The normalized spacial score (nSPS) is 21.0. The van der Waals surface area contributed by atoms with E-state index in [-0.39, 0.29) is 13.5 Å². The van der Waals surface area contributed by atoms with Gasteiger partial charge in [-0.3, -0.25) is 0 Å². The third kappa shape index (κ3) is 3.14. The summed E-state index contributed by atoms with van der Waals surface area (Å²) >= 11 is 0. The van der Waals surface area contributed by atoms with Crippen LogP contribution in [0, 0.1) is 5.92 Å². The van der Waals surface area contributed by atoms with E-state index < -0.39 is 0 Å². The molecule has 1 aliphatic rings. The highest BCUT2D eigenvalue weighted by Gasteiger charge is 2.09. The maximum Gasteiger partial charge on any atom is -0.0417 e. The van der Waals surface area contributed by atoms with Crippen LogP contribution < -0.4 is 0 Å². The van der Waals surface area contributed by atoms with Crippen LogP contribution in [0.3, 0.4) is 0 Å². The van der Waals surface area contributed by atoms with Crippen molar-refractivity contribution >= 4 is 13.5 Å². The van der Waals surface area contributed by atoms with Gasteiger partial charge in [0.05, 0.1) is 0 Å². The Morgan fingerprint density at radius 1 is 1.11 bits per heavy atom. The SMILES string of the molecule is CCC1CCCCC1.S. The average molecular weight is 146 g/mol. The van der Waals surface area contributed by atoms with E-state index in [0.717, 1.165) is 5.92 Å². The molecule has 0 aromatic rings. The lowest BCUT2D eigenvalue weighted by atomic mass is 9.88. The molecule has 0 unspecified atom stereocenters. The van der Waals surface area contributed by atoms with Gasteiger partial charge in [-0.05, 0) is 5.92 Å². The first kappa shape index (κ1) is 9.35. The molecule has 0 heterocycles. The molecule has 0 radical (unpaired) electrons. The minimum atomic E-state index is 0. The van der Waals surface area contributed by atoms with E-state index in [2.05, 4.69) is 6.92 Å². The van der Waals surface area contributed by atoms with Crippen molar-refractivity contribution in [3.63, 3.8) is 0 Å². The standard InChI is InChI=1S/C8H16.H2S/c1-2-8-6-4-3-5-7-8;/h8H,2-7H2,1H3;1H2. The van der Waals surface area contributed by atoms with Crippen LogP contribution in [0.2, 0.25) is 0 Å². The molecular weight excluding hydrogens is 128 g/mol. The summed E-state index contributed by atoms with van der Waals surface area (Å²) in [6.07, 6.45) is 8.93. The molecule has 1 fully saturated rings. The second-order valence-electron chi connectivity index (χ2n) is 2.91. The lowest BCUT2D eigenvalue weighted by Crippen LogP contribution is -2.03. The van der Waals surface area contributed by atoms with E-state index in [1.165, 1.54) is 38.5 Å². The highest BCUT2D eigenvalue weighted by atomic mass is 32.1. The maximum atomic E-state index is 2.32. The molecular formula is C8H18S. The van der Waals surface area contributed by atoms with E-state index in [4.69, 9.17) is 0 Å². The quantitative estimate of drug-likeness (QED) is 0.533. The van der Waals surface area contributed by atoms with Crippen LogP contribution in [0.5, 0.6) is 0 Å². The second-order valence-corrected chi connectivity index (χ2v) is 2.91. The molecule has 0 atom stereocenters. The van der Waals surface area contributed by atoms with Gasteiger partial charge in [-0.2, -0.15) is 13.5 Å². The van der Waals surface area contributed by atoms with Crippen molar-refractivity contribution in [3.05, 3.63) is 0 Å². The molecule has 0 aromatic carbocycles. The number of hydrogen-bond donors (Lipinski definition) is 0. The molecule has 0 aliphatic heterocycles. The molecule has 0 N–H and O–H groups in total. The van der Waals surface area contributed by atoms with Gasteiger partial charge in [0.1, 0.15) is 0 Å². The number of hydrogen-bond acceptors (Lipinski definition) is 0. The smallest absolute Gasteiger partial charge is 0.0417 e. The lowest BCUT2D eigenvalue weighted by molar-refractivity contribution is 0.349. The highest BCUT2D eigenvalue weighted by molar-refractivity contribution is 7.59. The van der Waals surface area contributed by atoms with Gasteiger partial charge in [0.2, 0.25) is 0 Å². The minimum absolute atomic E-state index is 0. The van der Waals surface area contributed by atoms with Crippen LogP contribution >= 0.6 is 13.5 Å². The van der Waals surface area contributed by atoms with Crippen LogP contribution in [0.25, 0.3) is 0 Å². The largest absolute Gasteiger partial charge is 0.197 e. The topological polar surface area (TPSA) is 0 Å². The van der Waals surface area contributed by atoms with Gasteiger partial charge in [-0.15, -0.1) is 0 Å². The predicted octanol–water partition coefficient (Wildman–Crippen LogP) is 3.09. The van der Waals surface area contributed by atoms with E-state index in [1.807, 2.05) is 0 Å². The van der Waals surface area contributed by atoms with Crippen LogP contribution in [0.4, 0.5) is 0 Å². The van der Waals surface area contributed by atoms with Gasteiger partial charge >= 0.3 is 0 Å². The molecule has 0 saturated heterocycles. The Balaban J connectivity index is 0.000000640. The van der Waals surface area contributed by atoms with Crippen molar-refractivity contribution in [1.82, 2.24) is 0 Å². The summed E-state index contributed by atoms with van der Waals surface area (Å²) in [4.78, 5) is 0. The molecule has 1 heteroatoms. The molecule has 0 bridgehead atoms. The zero-order valence-corrected chi connectivity index (χ0v) is 7.32. The third-order valence-electron chi connectivity index (χ3n) is 2.30. The van der Waals surface area contributed by atoms with Gasteiger partial charge < -0.3 is 0 Å². The van der Waals surface area contributed by atoms with Crippen molar-refractivity contribution in [2.45, 2.75) is 45.4 Å². The Bertz CT molecular complexity index is 55.6. The molecule has 0 amide bonds. The Hall–Kier alpha value is 0.350. The van der Waals surface area contributed by atoms with Crippen molar-refractivity contribution in [2.24, 2.45) is 5.92 Å². The monoisotopic (exact) mass is 146 g/mol. The first-order valence-corrected chi connectivity index (χ1v) is 3.93. The van der Waals surface area contributed by atoms with E-state index in [9.17, 15) is 0 Å². The molecule has 1 saturated carbocycles. The van der Waals surface area contributed by atoms with Crippen LogP contribution in [0.15, 0.2) is 0 Å². The maximum absolute atomic E-state index is 2.32. The molecule has 0 nitrogen and oxygen atoms in total. The van der Waals surface area contributed by atoms with Gasteiger partial charge in [0, 0.05) is 0 Å². The summed E-state index contributed by atoms with van der Waals surface area (Å²) in [5, 5.41) is 0. The van der Waals surface area contributed by atoms with Crippen LogP contribution in [0.1, 0.15) is 45.4 Å². The molecule has 9 heavy (non-hydrogen) atoms. The van der Waals surface area contributed by atoms with Gasteiger partial charge in [-0.1, -0.05) is 45.4 Å². The van der Waals surface area contributed by atoms with Crippen molar-refractivity contribution in [3.8, 4) is 0 Å². The van der Waals surface area contributed by atoms with Crippen molar-refractivity contribution in [2.75, 3.05) is 0 Å². The number of rotatable bonds is 1. The molecule has 0 aromatic heterocycles. The second kappa shape index (κ2) is 5.16. The molecule has 1 aliphatic carbocycles. The first-order chi connectivity index (χ1) is 3.93. The van der Waals surface area contributed by atoms with Gasteiger partial charge in [-0.25, -0.2) is 0 Å². The average Bonchev–Trinajstić information content (AvgIpc) is 1.90. The Morgan fingerprint density at radius 2 is 1.67 bits per heavy atom. The predicted molar refractivity (Wildman–Crippen MR) is 47.2 cm³/mol. The minimum Gasteiger partial charge on any atom is -0.197 e. The lowest BCUT2D eigenvalue weighted by Gasteiger charge is -2.18. The highest BCUT2D eigenvalue weighted by Crippen LogP contribution is 2.25. The summed E-state index contributed by atoms with van der Waals surface area (Å²) in [6, 6.07) is 0. The zero-order valence-electron chi connectivity index (χ0n) is 6.32. The van der Waals surface area contributed by atoms with Crippen LogP contribution in [-0.2, 0) is 0 Å². The summed E-state index contributed by atoms with van der Waals surface area (Å²) in [7, 11) is 0. The van der Waals surface area contributed by atoms with E-state index in [1.54, 1.807) is 0 Å². The van der Waals surface area contributed by atoms with E-state index >= 15 is 0 Å². The fraction of sp³-hybridized carbons (Fsp3) is 1.00. The van der Waals surface area contributed by atoms with Crippen molar-refractivity contribution < 1.29 is 0 Å². The fourth-order valence-electron chi connectivity index (χ4n) is 1.60. The van der Waals surface area contributed by atoms with Crippen molar-refractivity contribution in [1.29, 1.82) is 0 Å².